The van der Waals surface area contributed by atoms with Crippen LogP contribution in [-0.2, 0) is 4.74 Å². The number of hydrogen-bond acceptors (Lipinski definition) is 6. The van der Waals surface area contributed by atoms with E-state index in [2.05, 4.69) is 37.2 Å². The number of imidazole rings is 1. The minimum absolute atomic E-state index is 0.343. The zero-order valence-electron chi connectivity index (χ0n) is 14.3. The van der Waals surface area contributed by atoms with Gasteiger partial charge in [-0.2, -0.15) is 5.10 Å². The number of nitrogens with zero attached hydrogens (tertiary/aromatic N) is 6. The van der Waals surface area contributed by atoms with Gasteiger partial charge in [0.25, 0.3) is 0 Å². The number of aromatic nitrogens is 6. The second-order valence-electron chi connectivity index (χ2n) is 7.05. The molecule has 2 aliphatic rings. The van der Waals surface area contributed by atoms with E-state index >= 15 is 0 Å². The molecule has 4 aromatic rings. The van der Waals surface area contributed by atoms with Crippen LogP contribution in [0.5, 0.6) is 0 Å². The summed E-state index contributed by atoms with van der Waals surface area (Å²) in [5, 5.41) is 13.1. The van der Waals surface area contributed by atoms with Gasteiger partial charge in [-0.25, -0.2) is 14.5 Å². The van der Waals surface area contributed by atoms with Crippen LogP contribution < -0.4 is 4.90 Å². The minimum atomic E-state index is 0.343. The fourth-order valence-corrected chi connectivity index (χ4v) is 4.05. The number of H-pyrrole nitrogens is 1. The number of pyridine rings is 1. The maximum atomic E-state index is 5.71. The molecule has 4 aromatic heterocycles. The van der Waals surface area contributed by atoms with Gasteiger partial charge in [-0.3, -0.25) is 5.10 Å². The lowest BCUT2D eigenvalue weighted by atomic mass is 10.1. The summed E-state index contributed by atoms with van der Waals surface area (Å²) in [6, 6.07) is 6.59. The molecule has 6 rings (SSSR count). The van der Waals surface area contributed by atoms with Crippen molar-refractivity contribution in [2.45, 2.75) is 25.5 Å². The first kappa shape index (κ1) is 14.2. The molecule has 2 aliphatic heterocycles. The van der Waals surface area contributed by atoms with Crippen LogP contribution in [0.25, 0.3) is 27.9 Å². The molecule has 8 heteroatoms. The van der Waals surface area contributed by atoms with E-state index in [4.69, 9.17) is 9.84 Å². The van der Waals surface area contributed by atoms with Crippen LogP contribution in [0.2, 0.25) is 0 Å². The number of ether oxygens (including phenoxy) is 1. The van der Waals surface area contributed by atoms with Gasteiger partial charge in [0.15, 0.2) is 11.3 Å². The number of nitrogens with one attached hydrogen (secondary N) is 1. The SMILES string of the molecule is Cc1[nH]nc2ncc(-c3cnc4ccc(N5C[C@H]6C[C@@H]5CO6)nn34)cc12. The quantitative estimate of drug-likeness (QED) is 0.597. The summed E-state index contributed by atoms with van der Waals surface area (Å²) in [5.74, 6) is 0.973. The number of rotatable bonds is 2. The van der Waals surface area contributed by atoms with Gasteiger partial charge in [0.1, 0.15) is 5.82 Å². The van der Waals surface area contributed by atoms with E-state index in [0.717, 1.165) is 59.0 Å². The van der Waals surface area contributed by atoms with Crippen molar-refractivity contribution in [1.82, 2.24) is 29.8 Å². The van der Waals surface area contributed by atoms with Gasteiger partial charge in [0.2, 0.25) is 0 Å². The molecule has 0 amide bonds. The van der Waals surface area contributed by atoms with Gasteiger partial charge < -0.3 is 9.64 Å². The molecule has 26 heavy (non-hydrogen) atoms. The minimum Gasteiger partial charge on any atom is -0.374 e. The number of hydrogen-bond donors (Lipinski definition) is 1. The van der Waals surface area contributed by atoms with Crippen LogP contribution in [0, 0.1) is 6.92 Å². The second kappa shape index (κ2) is 5.01. The Balaban J connectivity index is 1.48. The van der Waals surface area contributed by atoms with E-state index < -0.39 is 0 Å². The van der Waals surface area contributed by atoms with Crippen molar-refractivity contribution in [1.29, 1.82) is 0 Å². The van der Waals surface area contributed by atoms with Crippen LogP contribution in [0.4, 0.5) is 5.82 Å². The van der Waals surface area contributed by atoms with Crippen LogP contribution in [0.15, 0.2) is 30.6 Å². The maximum Gasteiger partial charge on any atom is 0.181 e. The summed E-state index contributed by atoms with van der Waals surface area (Å²) in [6.07, 6.45) is 5.11. The van der Waals surface area contributed by atoms with Crippen LogP contribution >= 0.6 is 0 Å². The van der Waals surface area contributed by atoms with Crippen molar-refractivity contribution in [3.05, 3.63) is 36.3 Å². The van der Waals surface area contributed by atoms with E-state index in [1.54, 1.807) is 0 Å². The molecular weight excluding hydrogens is 330 g/mol. The summed E-state index contributed by atoms with van der Waals surface area (Å²) < 4.78 is 7.61. The van der Waals surface area contributed by atoms with Crippen LogP contribution in [0.3, 0.4) is 0 Å². The molecule has 2 bridgehead atoms. The lowest BCUT2D eigenvalue weighted by molar-refractivity contribution is 0.0988. The predicted molar refractivity (Wildman–Crippen MR) is 96.1 cm³/mol. The molecule has 0 aromatic carbocycles. The van der Waals surface area contributed by atoms with Crippen LogP contribution in [0.1, 0.15) is 12.1 Å². The number of fused-ring (bicyclic) bond motifs is 4. The largest absolute Gasteiger partial charge is 0.374 e. The van der Waals surface area contributed by atoms with Crippen molar-refractivity contribution >= 4 is 22.5 Å². The standard InChI is InChI=1S/C18H17N7O/c1-10-14-4-11(6-20-18(14)22-21-10)15-7-19-16-2-3-17(23-25(15)16)24-8-13-5-12(24)9-26-13/h2-4,6-7,12-13H,5,8-9H2,1H3,(H,20,21,22)/t12-,13-/m1/s1. The molecule has 8 nitrogen and oxygen atoms in total. The summed E-state index contributed by atoms with van der Waals surface area (Å²) in [5.41, 5.74) is 4.46. The number of aromatic amines is 1. The van der Waals surface area contributed by atoms with Gasteiger partial charge in [-0.1, -0.05) is 0 Å². The second-order valence-corrected chi connectivity index (χ2v) is 7.05. The Morgan fingerprint density at radius 3 is 3.04 bits per heavy atom. The highest BCUT2D eigenvalue weighted by atomic mass is 16.5. The molecule has 0 radical (unpaired) electrons. The highest BCUT2D eigenvalue weighted by molar-refractivity contribution is 5.82. The van der Waals surface area contributed by atoms with Gasteiger partial charge in [0.05, 0.1) is 30.6 Å². The van der Waals surface area contributed by atoms with E-state index in [0.29, 0.717) is 12.1 Å². The topological polar surface area (TPSA) is 84.2 Å². The zero-order chi connectivity index (χ0) is 17.3. The molecule has 2 fully saturated rings. The van der Waals surface area contributed by atoms with Crippen molar-refractivity contribution < 1.29 is 4.74 Å². The molecule has 0 aliphatic carbocycles. The maximum absolute atomic E-state index is 5.71. The first-order valence-corrected chi connectivity index (χ1v) is 8.80. The van der Waals surface area contributed by atoms with Crippen molar-refractivity contribution in [2.75, 3.05) is 18.1 Å². The van der Waals surface area contributed by atoms with Gasteiger partial charge in [0, 0.05) is 29.4 Å². The molecular formula is C18H17N7O. The van der Waals surface area contributed by atoms with Crippen molar-refractivity contribution in [3.8, 4) is 11.3 Å². The molecule has 0 saturated carbocycles. The zero-order valence-corrected chi connectivity index (χ0v) is 14.3. The van der Waals surface area contributed by atoms with Crippen molar-refractivity contribution in [3.63, 3.8) is 0 Å². The average Bonchev–Trinajstić information content (AvgIpc) is 3.44. The molecule has 0 spiro atoms. The lowest BCUT2D eigenvalue weighted by Gasteiger charge is -2.27. The Kier molecular flexibility index (Phi) is 2.74. The highest BCUT2D eigenvalue weighted by Gasteiger charge is 2.39. The third-order valence-corrected chi connectivity index (χ3v) is 5.44. The number of aryl methyl sites for hydroxylation is 1. The predicted octanol–water partition coefficient (Wildman–Crippen LogP) is 1.95. The molecule has 2 saturated heterocycles. The van der Waals surface area contributed by atoms with Gasteiger partial charge >= 0.3 is 0 Å². The van der Waals surface area contributed by atoms with Gasteiger partial charge in [-0.05, 0) is 31.5 Å². The Hall–Kier alpha value is -3.00. The Morgan fingerprint density at radius 2 is 2.19 bits per heavy atom. The Morgan fingerprint density at radius 1 is 1.23 bits per heavy atom. The lowest BCUT2D eigenvalue weighted by Crippen LogP contribution is -2.37. The molecule has 130 valence electrons. The number of morpholine rings is 1. The fraction of sp³-hybridized carbons (Fsp3) is 0.333. The van der Waals surface area contributed by atoms with Crippen LogP contribution in [-0.4, -0.2) is 55.1 Å². The highest BCUT2D eigenvalue weighted by Crippen LogP contribution is 2.32. The summed E-state index contributed by atoms with van der Waals surface area (Å²) in [7, 11) is 0. The third kappa shape index (κ3) is 1.93. The summed E-state index contributed by atoms with van der Waals surface area (Å²) in [4.78, 5) is 11.3. The van der Waals surface area contributed by atoms with Gasteiger partial charge in [-0.15, -0.1) is 5.10 Å². The van der Waals surface area contributed by atoms with E-state index in [1.807, 2.05) is 29.9 Å². The normalized spacial score (nSPS) is 22.1. The smallest absolute Gasteiger partial charge is 0.181 e. The average molecular weight is 347 g/mol. The Bertz CT molecular complexity index is 1150. The third-order valence-electron chi connectivity index (χ3n) is 5.44. The number of anilines is 1. The molecule has 1 N–H and O–H groups in total. The summed E-state index contributed by atoms with van der Waals surface area (Å²) >= 11 is 0. The summed E-state index contributed by atoms with van der Waals surface area (Å²) in [6.45, 7) is 3.70. The first-order valence-electron chi connectivity index (χ1n) is 8.80. The van der Waals surface area contributed by atoms with E-state index in [1.165, 1.54) is 0 Å². The fourth-order valence-electron chi connectivity index (χ4n) is 4.05. The molecule has 0 unspecified atom stereocenters. The van der Waals surface area contributed by atoms with Crippen molar-refractivity contribution in [2.24, 2.45) is 0 Å². The van der Waals surface area contributed by atoms with E-state index in [9.17, 15) is 0 Å². The molecule has 6 heterocycles. The van der Waals surface area contributed by atoms with E-state index in [-0.39, 0.29) is 0 Å². The Labute approximate surface area is 148 Å². The monoisotopic (exact) mass is 347 g/mol. The first-order chi connectivity index (χ1) is 12.8. The molecule has 2 atom stereocenters.